The lowest BCUT2D eigenvalue weighted by Gasteiger charge is -2.26. The van der Waals surface area contributed by atoms with Gasteiger partial charge in [0.25, 0.3) is 0 Å². The number of alkyl carbamates (subject to hydrolysis) is 1. The molecule has 8 nitrogen and oxygen atoms in total. The van der Waals surface area contributed by atoms with Gasteiger partial charge in [-0.25, -0.2) is 4.79 Å². The van der Waals surface area contributed by atoms with Crippen molar-refractivity contribution >= 4 is 18.0 Å². The zero-order valence-corrected chi connectivity index (χ0v) is 19.2. The minimum atomic E-state index is -0.950. The summed E-state index contributed by atoms with van der Waals surface area (Å²) in [6.45, 7) is 1.03. The number of likely N-dealkylation sites (N-methyl/N-ethyl adjacent to an activating group) is 1. The Labute approximate surface area is 198 Å². The van der Waals surface area contributed by atoms with E-state index >= 15 is 0 Å². The smallest absolute Gasteiger partial charge is 0.407 e. The Kier molecular flexibility index (Phi) is 7.47. The molecule has 1 aliphatic carbocycles. The second-order valence-electron chi connectivity index (χ2n) is 8.76. The molecular formula is C26H30N2O6. The lowest BCUT2D eigenvalue weighted by atomic mass is 9.98. The number of benzene rings is 2. The van der Waals surface area contributed by atoms with Crippen molar-refractivity contribution < 1.29 is 29.0 Å². The second-order valence-corrected chi connectivity index (χ2v) is 8.76. The number of fused-ring (bicyclic) bond motifs is 3. The fourth-order valence-corrected chi connectivity index (χ4v) is 4.76. The maximum atomic E-state index is 12.4. The summed E-state index contributed by atoms with van der Waals surface area (Å²) in [4.78, 5) is 37.4. The number of carbonyl (C=O) groups is 3. The van der Waals surface area contributed by atoms with Crippen molar-refractivity contribution in [2.45, 2.75) is 31.2 Å². The van der Waals surface area contributed by atoms with Crippen LogP contribution in [0.15, 0.2) is 48.5 Å². The van der Waals surface area contributed by atoms with Gasteiger partial charge in [-0.15, -0.1) is 0 Å². The molecule has 1 aliphatic heterocycles. The number of carboxylic acid groups (broad SMARTS) is 1. The van der Waals surface area contributed by atoms with Gasteiger partial charge in [0.05, 0.1) is 19.3 Å². The van der Waals surface area contributed by atoms with Crippen LogP contribution in [0.1, 0.15) is 36.3 Å². The highest BCUT2D eigenvalue weighted by Crippen LogP contribution is 2.44. The summed E-state index contributed by atoms with van der Waals surface area (Å²) in [6.07, 6.45) is 1.01. The van der Waals surface area contributed by atoms with E-state index in [9.17, 15) is 19.5 Å². The van der Waals surface area contributed by atoms with Crippen LogP contribution in [-0.2, 0) is 19.1 Å². The van der Waals surface area contributed by atoms with E-state index in [1.165, 1.54) is 16.0 Å². The number of aliphatic carboxylic acids is 1. The number of hydrogen-bond acceptors (Lipinski definition) is 5. The summed E-state index contributed by atoms with van der Waals surface area (Å²) in [7, 11) is 1.62. The van der Waals surface area contributed by atoms with Gasteiger partial charge in [-0.3, -0.25) is 9.59 Å². The van der Waals surface area contributed by atoms with Crippen molar-refractivity contribution in [3.8, 4) is 11.1 Å². The van der Waals surface area contributed by atoms with E-state index in [2.05, 4.69) is 29.6 Å². The monoisotopic (exact) mass is 466 g/mol. The SMILES string of the molecule is CN(C(=O)CCCCNC(=O)OCC1c2ccccc2-c2ccccc21)C1COCC1C(=O)O. The highest BCUT2D eigenvalue weighted by molar-refractivity contribution is 5.79. The molecule has 180 valence electrons. The van der Waals surface area contributed by atoms with Gasteiger partial charge in [-0.05, 0) is 35.1 Å². The standard InChI is InChI=1S/C26H30N2O6/c1-28(23-16-33-14-22(23)25(30)31)24(29)12-6-7-13-27-26(32)34-15-21-19-10-4-2-8-17(19)18-9-3-5-11-20(18)21/h2-5,8-11,21-23H,6-7,12-16H2,1H3,(H,27,32)(H,30,31). The van der Waals surface area contributed by atoms with Gasteiger partial charge in [-0.1, -0.05) is 48.5 Å². The molecule has 2 aromatic carbocycles. The van der Waals surface area contributed by atoms with Gasteiger partial charge in [0.15, 0.2) is 0 Å². The fourth-order valence-electron chi connectivity index (χ4n) is 4.76. The highest BCUT2D eigenvalue weighted by atomic mass is 16.5. The van der Waals surface area contributed by atoms with Crippen LogP contribution >= 0.6 is 0 Å². The van der Waals surface area contributed by atoms with Gasteiger partial charge in [-0.2, -0.15) is 0 Å². The van der Waals surface area contributed by atoms with Gasteiger partial charge in [0.1, 0.15) is 12.5 Å². The number of carboxylic acids is 1. The van der Waals surface area contributed by atoms with E-state index in [4.69, 9.17) is 9.47 Å². The molecular weight excluding hydrogens is 436 g/mol. The molecule has 0 aromatic heterocycles. The largest absolute Gasteiger partial charge is 0.481 e. The lowest BCUT2D eigenvalue weighted by Crippen LogP contribution is -2.44. The Hall–Kier alpha value is -3.39. The Morgan fingerprint density at radius 3 is 2.32 bits per heavy atom. The van der Waals surface area contributed by atoms with Crippen LogP contribution in [-0.4, -0.2) is 67.4 Å². The third-order valence-electron chi connectivity index (χ3n) is 6.69. The molecule has 1 fully saturated rings. The third kappa shape index (κ3) is 5.07. The Morgan fingerprint density at radius 2 is 1.68 bits per heavy atom. The van der Waals surface area contributed by atoms with Crippen molar-refractivity contribution in [3.63, 3.8) is 0 Å². The summed E-state index contributed by atoms with van der Waals surface area (Å²) < 4.78 is 10.7. The molecule has 0 spiro atoms. The molecule has 2 unspecified atom stereocenters. The molecule has 0 bridgehead atoms. The summed E-state index contributed by atoms with van der Waals surface area (Å²) in [5, 5.41) is 12.0. The number of carbonyl (C=O) groups excluding carboxylic acids is 2. The topological polar surface area (TPSA) is 105 Å². The third-order valence-corrected chi connectivity index (χ3v) is 6.69. The van der Waals surface area contributed by atoms with Gasteiger partial charge in [0.2, 0.25) is 5.91 Å². The molecule has 2 N–H and O–H groups in total. The molecule has 8 heteroatoms. The van der Waals surface area contributed by atoms with Crippen LogP contribution in [0.25, 0.3) is 11.1 Å². The first-order chi connectivity index (χ1) is 16.5. The normalized spacial score (nSPS) is 18.7. The first-order valence-electron chi connectivity index (χ1n) is 11.6. The van der Waals surface area contributed by atoms with Crippen LogP contribution in [0.3, 0.4) is 0 Å². The Balaban J connectivity index is 1.17. The Morgan fingerprint density at radius 1 is 1.03 bits per heavy atom. The maximum Gasteiger partial charge on any atom is 0.407 e. The Bertz CT molecular complexity index is 1010. The minimum absolute atomic E-state index is 0.0144. The average Bonchev–Trinajstić information content (AvgIpc) is 3.45. The van der Waals surface area contributed by atoms with Crippen LogP contribution in [0.2, 0.25) is 0 Å². The van der Waals surface area contributed by atoms with E-state index in [-0.39, 0.29) is 38.1 Å². The number of nitrogens with zero attached hydrogens (tertiary/aromatic N) is 1. The molecule has 1 heterocycles. The number of amides is 2. The minimum Gasteiger partial charge on any atom is -0.481 e. The first kappa shape index (κ1) is 23.8. The fraction of sp³-hybridized carbons (Fsp3) is 0.423. The van der Waals surface area contributed by atoms with Crippen molar-refractivity contribution in [1.82, 2.24) is 10.2 Å². The molecule has 2 amide bonds. The zero-order valence-electron chi connectivity index (χ0n) is 19.2. The predicted molar refractivity (Wildman–Crippen MR) is 125 cm³/mol. The van der Waals surface area contributed by atoms with Gasteiger partial charge in [0, 0.05) is 25.9 Å². The number of ether oxygens (including phenoxy) is 2. The van der Waals surface area contributed by atoms with Crippen molar-refractivity contribution in [3.05, 3.63) is 59.7 Å². The summed E-state index contributed by atoms with van der Waals surface area (Å²) in [5.74, 6) is -1.75. The quantitative estimate of drug-likeness (QED) is 0.550. The highest BCUT2D eigenvalue weighted by Gasteiger charge is 2.38. The van der Waals surface area contributed by atoms with Crippen LogP contribution in [0.5, 0.6) is 0 Å². The summed E-state index contributed by atoms with van der Waals surface area (Å²) in [5.41, 5.74) is 4.69. The molecule has 34 heavy (non-hydrogen) atoms. The predicted octanol–water partition coefficient (Wildman–Crippen LogP) is 3.25. The lowest BCUT2D eigenvalue weighted by molar-refractivity contribution is -0.144. The molecule has 1 saturated heterocycles. The van der Waals surface area contributed by atoms with E-state index < -0.39 is 24.0 Å². The van der Waals surface area contributed by atoms with Crippen molar-refractivity contribution in [1.29, 1.82) is 0 Å². The van der Waals surface area contributed by atoms with E-state index in [0.717, 1.165) is 11.1 Å². The molecule has 2 aliphatic rings. The average molecular weight is 467 g/mol. The molecule has 4 rings (SSSR count). The van der Waals surface area contributed by atoms with Gasteiger partial charge < -0.3 is 24.8 Å². The van der Waals surface area contributed by atoms with Crippen molar-refractivity contribution in [2.75, 3.05) is 33.4 Å². The van der Waals surface area contributed by atoms with Gasteiger partial charge >= 0.3 is 12.1 Å². The number of rotatable bonds is 9. The summed E-state index contributed by atoms with van der Waals surface area (Å²) >= 11 is 0. The number of hydrogen-bond donors (Lipinski definition) is 2. The molecule has 2 aromatic rings. The van der Waals surface area contributed by atoms with Crippen LogP contribution in [0.4, 0.5) is 4.79 Å². The molecule has 0 saturated carbocycles. The molecule has 0 radical (unpaired) electrons. The number of nitrogens with one attached hydrogen (secondary N) is 1. The summed E-state index contributed by atoms with van der Waals surface area (Å²) in [6, 6.07) is 15.9. The first-order valence-corrected chi connectivity index (χ1v) is 11.6. The number of unbranched alkanes of at least 4 members (excludes halogenated alkanes) is 1. The van der Waals surface area contributed by atoms with E-state index in [0.29, 0.717) is 19.4 Å². The zero-order chi connectivity index (χ0) is 24.1. The van der Waals surface area contributed by atoms with Crippen molar-refractivity contribution in [2.24, 2.45) is 5.92 Å². The van der Waals surface area contributed by atoms with E-state index in [1.807, 2.05) is 24.3 Å². The maximum absolute atomic E-state index is 12.4. The van der Waals surface area contributed by atoms with Crippen LogP contribution in [0, 0.1) is 5.92 Å². The van der Waals surface area contributed by atoms with E-state index in [1.54, 1.807) is 7.05 Å². The second kappa shape index (κ2) is 10.7. The van der Waals surface area contributed by atoms with Crippen LogP contribution < -0.4 is 5.32 Å². The molecule has 2 atom stereocenters.